The van der Waals surface area contributed by atoms with Crippen molar-refractivity contribution in [3.63, 3.8) is 0 Å². The van der Waals surface area contributed by atoms with Gasteiger partial charge in [-0.15, -0.1) is 0 Å². The molecular weight excluding hydrogens is 500 g/mol. The first-order valence-corrected chi connectivity index (χ1v) is 13.7. The maximum Gasteiger partial charge on any atom is 0.411 e. The molecule has 8 heteroatoms. The van der Waals surface area contributed by atoms with E-state index in [9.17, 15) is 18.7 Å². The highest BCUT2D eigenvalue weighted by atomic mass is 19.3. The predicted octanol–water partition coefficient (Wildman–Crippen LogP) is 7.76. The molecule has 6 nitrogen and oxygen atoms in total. The highest BCUT2D eigenvalue weighted by Crippen LogP contribution is 2.58. The third-order valence-electron chi connectivity index (χ3n) is 8.72. The van der Waals surface area contributed by atoms with Crippen LogP contribution in [0, 0.1) is 5.41 Å². The number of aromatic nitrogens is 2. The standard InChI is InChI=1S/C31H37F2N3O3/c1-21(2)39-25-10-8-22(9-11-25)23-6-5-7-24(18-23)36(28(37)38)20-30-12-15-31(16-13-30,17-14-30)26-19-27(29(3,32)33)35(4)34-26/h5-11,18-19,21H,12-17,20H2,1-4H3,(H,37,38). The molecule has 2 aromatic carbocycles. The van der Waals surface area contributed by atoms with E-state index in [0.717, 1.165) is 68.0 Å². The number of carboxylic acid groups (broad SMARTS) is 1. The quantitative estimate of drug-likeness (QED) is 0.319. The van der Waals surface area contributed by atoms with Crippen LogP contribution in [0.2, 0.25) is 0 Å². The Bertz CT molecular complexity index is 1320. The van der Waals surface area contributed by atoms with Crippen LogP contribution < -0.4 is 9.64 Å². The Balaban J connectivity index is 1.33. The van der Waals surface area contributed by atoms with Gasteiger partial charge in [-0.25, -0.2) is 4.79 Å². The SMILES string of the molecule is CC(C)Oc1ccc(-c2cccc(N(CC34CCC(c5cc(C(C)(F)F)n(C)n5)(CC3)CC4)C(=O)O)c2)cc1. The molecule has 0 radical (unpaired) electrons. The zero-order chi connectivity index (χ0) is 28.0. The van der Waals surface area contributed by atoms with Crippen LogP contribution in [0.25, 0.3) is 11.1 Å². The first kappa shape index (κ1) is 27.2. The van der Waals surface area contributed by atoms with Gasteiger partial charge in [0.2, 0.25) is 0 Å². The van der Waals surface area contributed by atoms with Crippen LogP contribution in [0.1, 0.15) is 70.7 Å². The zero-order valence-electron chi connectivity index (χ0n) is 23.1. The van der Waals surface area contributed by atoms with Gasteiger partial charge in [-0.05, 0) is 99.2 Å². The number of hydrogen-bond acceptors (Lipinski definition) is 3. The summed E-state index contributed by atoms with van der Waals surface area (Å²) < 4.78 is 35.1. The van der Waals surface area contributed by atoms with Crippen molar-refractivity contribution in [3.8, 4) is 16.9 Å². The summed E-state index contributed by atoms with van der Waals surface area (Å²) in [7, 11) is 1.58. The predicted molar refractivity (Wildman–Crippen MR) is 148 cm³/mol. The Morgan fingerprint density at radius 3 is 2.23 bits per heavy atom. The minimum absolute atomic E-state index is 0.0618. The largest absolute Gasteiger partial charge is 0.491 e. The number of aryl methyl sites for hydroxylation is 1. The zero-order valence-corrected chi connectivity index (χ0v) is 23.1. The monoisotopic (exact) mass is 537 g/mol. The van der Waals surface area contributed by atoms with Crippen molar-refractivity contribution in [2.45, 2.75) is 76.7 Å². The number of amides is 1. The van der Waals surface area contributed by atoms with Gasteiger partial charge in [-0.2, -0.15) is 13.9 Å². The number of hydrogen-bond donors (Lipinski definition) is 1. The fourth-order valence-corrected chi connectivity index (χ4v) is 6.48. The molecule has 0 aliphatic heterocycles. The van der Waals surface area contributed by atoms with Crippen LogP contribution >= 0.6 is 0 Å². The molecule has 1 N–H and O–H groups in total. The van der Waals surface area contributed by atoms with E-state index in [2.05, 4.69) is 5.10 Å². The molecule has 0 spiro atoms. The van der Waals surface area contributed by atoms with Crippen LogP contribution in [0.15, 0.2) is 54.6 Å². The van der Waals surface area contributed by atoms with E-state index in [-0.39, 0.29) is 22.6 Å². The van der Waals surface area contributed by atoms with Gasteiger partial charge < -0.3 is 9.84 Å². The summed E-state index contributed by atoms with van der Waals surface area (Å²) in [5, 5.41) is 14.7. The summed E-state index contributed by atoms with van der Waals surface area (Å²) >= 11 is 0. The first-order chi connectivity index (χ1) is 18.4. The highest BCUT2D eigenvalue weighted by Gasteiger charge is 2.52. The van der Waals surface area contributed by atoms with Crippen LogP contribution in [0.4, 0.5) is 19.3 Å². The summed E-state index contributed by atoms with van der Waals surface area (Å²) in [5.74, 6) is -2.14. The summed E-state index contributed by atoms with van der Waals surface area (Å²) in [5.41, 5.74) is 2.94. The normalized spacial score (nSPS) is 22.7. The van der Waals surface area contributed by atoms with Crippen molar-refractivity contribution >= 4 is 11.8 Å². The molecule has 1 heterocycles. The Kier molecular flexibility index (Phi) is 6.93. The molecule has 39 heavy (non-hydrogen) atoms. The van der Waals surface area contributed by atoms with Crippen molar-refractivity contribution in [1.29, 1.82) is 0 Å². The lowest BCUT2D eigenvalue weighted by molar-refractivity contribution is 0.00880. The Morgan fingerprint density at radius 1 is 1.05 bits per heavy atom. The topological polar surface area (TPSA) is 67.6 Å². The van der Waals surface area contributed by atoms with E-state index in [1.54, 1.807) is 13.1 Å². The fraction of sp³-hybridized carbons (Fsp3) is 0.484. The molecule has 1 aromatic heterocycles. The highest BCUT2D eigenvalue weighted by molar-refractivity contribution is 5.87. The number of anilines is 1. The number of halogens is 2. The van der Waals surface area contributed by atoms with Crippen LogP contribution in [-0.4, -0.2) is 33.6 Å². The van der Waals surface area contributed by atoms with Gasteiger partial charge in [0, 0.05) is 31.6 Å². The van der Waals surface area contributed by atoms with Crippen molar-refractivity contribution < 1.29 is 23.4 Å². The van der Waals surface area contributed by atoms with E-state index < -0.39 is 12.0 Å². The molecule has 6 rings (SSSR count). The lowest BCUT2D eigenvalue weighted by Crippen LogP contribution is -2.50. The van der Waals surface area contributed by atoms with Crippen molar-refractivity contribution in [1.82, 2.24) is 9.78 Å². The molecule has 3 aliphatic carbocycles. The number of carbonyl (C=O) groups is 1. The number of nitrogens with zero attached hydrogens (tertiary/aromatic N) is 3. The lowest BCUT2D eigenvalue weighted by atomic mass is 9.52. The maximum atomic E-state index is 14.0. The number of ether oxygens (including phenoxy) is 1. The molecule has 2 bridgehead atoms. The van der Waals surface area contributed by atoms with Crippen LogP contribution in [0.3, 0.4) is 0 Å². The van der Waals surface area contributed by atoms with Gasteiger partial charge in [-0.1, -0.05) is 24.3 Å². The van der Waals surface area contributed by atoms with Crippen molar-refractivity contribution in [3.05, 3.63) is 66.0 Å². The minimum atomic E-state index is -2.94. The Hall–Kier alpha value is -3.42. The number of fused-ring (bicyclic) bond motifs is 3. The van der Waals surface area contributed by atoms with E-state index in [0.29, 0.717) is 12.2 Å². The van der Waals surface area contributed by atoms with E-state index >= 15 is 0 Å². The summed E-state index contributed by atoms with van der Waals surface area (Å²) in [6, 6.07) is 17.1. The second-order valence-electron chi connectivity index (χ2n) is 11.8. The number of benzene rings is 2. The third kappa shape index (κ3) is 5.38. The summed E-state index contributed by atoms with van der Waals surface area (Å²) in [6.45, 7) is 5.30. The third-order valence-corrected chi connectivity index (χ3v) is 8.72. The second-order valence-corrected chi connectivity index (χ2v) is 11.8. The summed E-state index contributed by atoms with van der Waals surface area (Å²) in [4.78, 5) is 14.0. The van der Waals surface area contributed by atoms with Crippen molar-refractivity contribution in [2.75, 3.05) is 11.4 Å². The smallest absolute Gasteiger partial charge is 0.411 e. The van der Waals surface area contributed by atoms with Gasteiger partial charge in [0.1, 0.15) is 11.4 Å². The lowest BCUT2D eigenvalue weighted by Gasteiger charge is -2.53. The molecule has 3 fully saturated rings. The van der Waals surface area contributed by atoms with E-state index in [4.69, 9.17) is 4.74 Å². The van der Waals surface area contributed by atoms with E-state index in [1.165, 1.54) is 9.58 Å². The minimum Gasteiger partial charge on any atom is -0.491 e. The molecule has 3 aliphatic rings. The van der Waals surface area contributed by atoms with Gasteiger partial charge in [0.05, 0.1) is 11.8 Å². The molecule has 208 valence electrons. The Morgan fingerprint density at radius 2 is 1.69 bits per heavy atom. The number of rotatable bonds is 8. The average molecular weight is 538 g/mol. The van der Waals surface area contributed by atoms with Crippen molar-refractivity contribution in [2.24, 2.45) is 12.5 Å². The number of alkyl halides is 2. The van der Waals surface area contributed by atoms with Gasteiger partial charge in [0.15, 0.2) is 0 Å². The molecule has 3 aromatic rings. The molecular formula is C31H37F2N3O3. The van der Waals surface area contributed by atoms with Gasteiger partial charge in [0.25, 0.3) is 5.92 Å². The summed E-state index contributed by atoms with van der Waals surface area (Å²) in [6.07, 6.45) is 4.16. The van der Waals surface area contributed by atoms with Crippen LogP contribution in [-0.2, 0) is 18.4 Å². The fourth-order valence-electron chi connectivity index (χ4n) is 6.48. The molecule has 3 saturated carbocycles. The first-order valence-electron chi connectivity index (χ1n) is 13.7. The molecule has 0 saturated heterocycles. The van der Waals surface area contributed by atoms with E-state index in [1.807, 2.05) is 62.4 Å². The Labute approximate surface area is 228 Å². The van der Waals surface area contributed by atoms with Gasteiger partial charge >= 0.3 is 6.09 Å². The average Bonchev–Trinajstić information content (AvgIpc) is 3.31. The molecule has 0 atom stereocenters. The van der Waals surface area contributed by atoms with Gasteiger partial charge in [-0.3, -0.25) is 9.58 Å². The molecule has 0 unspecified atom stereocenters. The van der Waals surface area contributed by atoms with Crippen LogP contribution in [0.5, 0.6) is 5.75 Å². The molecule has 1 amide bonds. The second kappa shape index (κ2) is 9.96. The maximum absolute atomic E-state index is 14.0.